The summed E-state index contributed by atoms with van der Waals surface area (Å²) in [5, 5.41) is 10.4. The molecule has 2 heterocycles. The average Bonchev–Trinajstić information content (AvgIpc) is 3.29. The lowest BCUT2D eigenvalue weighted by atomic mass is 9.94. The van der Waals surface area contributed by atoms with Crippen LogP contribution in [0.15, 0.2) is 97.6 Å². The van der Waals surface area contributed by atoms with E-state index in [0.717, 1.165) is 4.90 Å². The Labute approximate surface area is 248 Å². The second kappa shape index (κ2) is 13.6. The van der Waals surface area contributed by atoms with Crippen LogP contribution in [-0.4, -0.2) is 77.6 Å². The number of benzene rings is 3. The minimum absolute atomic E-state index is 0.141. The number of imide groups is 1. The molecule has 3 aromatic carbocycles. The first-order valence-corrected chi connectivity index (χ1v) is 13.9. The van der Waals surface area contributed by atoms with Crippen LogP contribution in [0, 0.1) is 0 Å². The van der Waals surface area contributed by atoms with Crippen LogP contribution < -0.4 is 0 Å². The molecular weight excluding hydrogens is 554 g/mol. The molecule has 0 bridgehead atoms. The lowest BCUT2D eigenvalue weighted by Gasteiger charge is -2.47. The molecule has 0 aliphatic carbocycles. The topological polar surface area (TPSA) is 129 Å². The van der Waals surface area contributed by atoms with Crippen molar-refractivity contribution >= 4 is 23.8 Å². The molecule has 10 heteroatoms. The zero-order chi connectivity index (χ0) is 30.3. The molecule has 5 atom stereocenters. The van der Waals surface area contributed by atoms with Gasteiger partial charge < -0.3 is 24.1 Å². The first-order valence-electron chi connectivity index (χ1n) is 13.9. The summed E-state index contributed by atoms with van der Waals surface area (Å²) in [6, 6.07) is 21.2. The number of allylic oxidation sites excluding steroid dienone is 1. The van der Waals surface area contributed by atoms with Gasteiger partial charge in [0.25, 0.3) is 11.8 Å². The number of amides is 2. The Morgan fingerprint density at radius 3 is 1.84 bits per heavy atom. The molecule has 2 amide bonds. The number of esters is 2. The van der Waals surface area contributed by atoms with E-state index in [-0.39, 0.29) is 28.9 Å². The van der Waals surface area contributed by atoms with Gasteiger partial charge in [-0.25, -0.2) is 9.59 Å². The number of fused-ring (bicyclic) bond motifs is 1. The lowest BCUT2D eigenvalue weighted by molar-refractivity contribution is -0.278. The van der Waals surface area contributed by atoms with Gasteiger partial charge >= 0.3 is 11.9 Å². The van der Waals surface area contributed by atoms with Crippen molar-refractivity contribution in [3.05, 3.63) is 120 Å². The van der Waals surface area contributed by atoms with E-state index in [1.54, 1.807) is 54.6 Å². The summed E-state index contributed by atoms with van der Waals surface area (Å²) in [7, 11) is 0. The molecule has 0 aromatic heterocycles. The molecule has 1 N–H and O–H groups in total. The Balaban J connectivity index is 1.58. The normalized spacial score (nSPS) is 23.0. The zero-order valence-corrected chi connectivity index (χ0v) is 23.2. The Morgan fingerprint density at radius 2 is 1.33 bits per heavy atom. The second-order valence-corrected chi connectivity index (χ2v) is 10.0. The maximum Gasteiger partial charge on any atom is 0.338 e. The monoisotopic (exact) mass is 585 g/mol. The Hall–Kier alpha value is -4.64. The average molecular weight is 586 g/mol. The number of hydrogen-bond donors (Lipinski definition) is 1. The molecule has 10 nitrogen and oxygen atoms in total. The van der Waals surface area contributed by atoms with Gasteiger partial charge in [-0.15, -0.1) is 6.58 Å². The van der Waals surface area contributed by atoms with E-state index < -0.39 is 61.0 Å². The van der Waals surface area contributed by atoms with E-state index in [0.29, 0.717) is 12.8 Å². The highest BCUT2D eigenvalue weighted by molar-refractivity contribution is 6.21. The quantitative estimate of drug-likeness (QED) is 0.155. The summed E-state index contributed by atoms with van der Waals surface area (Å²) in [6.07, 6.45) is -2.57. The first kappa shape index (κ1) is 29.8. The fraction of sp³-hybridized carbons (Fsp3) is 0.273. The standard InChI is InChI=1S/C33H31NO9/c1-2-3-12-19-40-33-26(34-29(36)23-17-10-11-18-24(23)30(34)37)28(43-32(39)22-15-8-5-9-16-22)27(25(20-35)41-33)42-31(38)21-13-6-4-7-14-21/h2,4-11,13-18,25-28,33,35H,1,3,12,19-20H2/t25-,26-,27-,28-,33-/m1/s1. The Bertz CT molecular complexity index is 1440. The maximum absolute atomic E-state index is 13.7. The molecule has 2 aliphatic rings. The van der Waals surface area contributed by atoms with Gasteiger partial charge in [-0.2, -0.15) is 0 Å². The lowest BCUT2D eigenvalue weighted by Crippen LogP contribution is -2.67. The molecule has 222 valence electrons. The number of carbonyl (C=O) groups is 4. The molecule has 0 saturated carbocycles. The maximum atomic E-state index is 13.7. The third kappa shape index (κ3) is 6.26. The molecule has 0 unspecified atom stereocenters. The summed E-state index contributed by atoms with van der Waals surface area (Å²) in [4.78, 5) is 55.1. The van der Waals surface area contributed by atoms with Gasteiger partial charge in [-0.1, -0.05) is 54.6 Å². The number of aliphatic hydroxyl groups excluding tert-OH is 1. The minimum Gasteiger partial charge on any atom is -0.452 e. The summed E-state index contributed by atoms with van der Waals surface area (Å²) >= 11 is 0. The van der Waals surface area contributed by atoms with Gasteiger partial charge in [0.2, 0.25) is 0 Å². The smallest absolute Gasteiger partial charge is 0.338 e. The third-order valence-corrected chi connectivity index (χ3v) is 7.26. The van der Waals surface area contributed by atoms with Crippen molar-refractivity contribution < 1.29 is 43.2 Å². The summed E-state index contributed by atoms with van der Waals surface area (Å²) in [5.41, 5.74) is 0.709. The highest BCUT2D eigenvalue weighted by Crippen LogP contribution is 2.36. The van der Waals surface area contributed by atoms with Gasteiger partial charge in [0.1, 0.15) is 12.1 Å². The van der Waals surface area contributed by atoms with Crippen molar-refractivity contribution in [1.29, 1.82) is 0 Å². The first-order chi connectivity index (χ1) is 20.9. The van der Waals surface area contributed by atoms with Crippen LogP contribution in [0.3, 0.4) is 0 Å². The highest BCUT2D eigenvalue weighted by Gasteiger charge is 2.57. The van der Waals surface area contributed by atoms with Crippen molar-refractivity contribution in [2.75, 3.05) is 13.2 Å². The van der Waals surface area contributed by atoms with E-state index in [1.807, 2.05) is 0 Å². The SMILES string of the molecule is C=CCCCO[C@@H]1O[C@H](CO)[C@@H](OC(=O)c2ccccc2)[C@H](OC(=O)c2ccccc2)[C@H]1N1C(=O)c2ccccc2C1=O. The zero-order valence-electron chi connectivity index (χ0n) is 23.2. The van der Waals surface area contributed by atoms with E-state index in [1.165, 1.54) is 36.4 Å². The predicted octanol–water partition coefficient (Wildman–Crippen LogP) is 3.80. The molecule has 1 saturated heterocycles. The molecule has 2 aliphatic heterocycles. The molecule has 5 rings (SSSR count). The van der Waals surface area contributed by atoms with Crippen molar-refractivity contribution in [2.24, 2.45) is 0 Å². The van der Waals surface area contributed by atoms with E-state index in [9.17, 15) is 24.3 Å². The molecule has 3 aromatic rings. The van der Waals surface area contributed by atoms with Crippen LogP contribution in [0.5, 0.6) is 0 Å². The molecule has 0 radical (unpaired) electrons. The van der Waals surface area contributed by atoms with Crippen LogP contribution in [0.2, 0.25) is 0 Å². The fourth-order valence-electron chi connectivity index (χ4n) is 5.16. The molecular formula is C33H31NO9. The van der Waals surface area contributed by atoms with Crippen molar-refractivity contribution in [3.63, 3.8) is 0 Å². The van der Waals surface area contributed by atoms with Crippen LogP contribution in [0.4, 0.5) is 0 Å². The second-order valence-electron chi connectivity index (χ2n) is 10.0. The summed E-state index contributed by atoms with van der Waals surface area (Å²) in [5.74, 6) is -2.87. The van der Waals surface area contributed by atoms with Crippen LogP contribution in [0.25, 0.3) is 0 Å². The minimum atomic E-state index is -1.47. The Kier molecular flexibility index (Phi) is 9.41. The molecule has 0 spiro atoms. The fourth-order valence-corrected chi connectivity index (χ4v) is 5.16. The van der Waals surface area contributed by atoms with Gasteiger partial charge in [0.05, 0.1) is 35.5 Å². The summed E-state index contributed by atoms with van der Waals surface area (Å²) < 4.78 is 24.0. The summed E-state index contributed by atoms with van der Waals surface area (Å²) in [6.45, 7) is 3.20. The largest absolute Gasteiger partial charge is 0.452 e. The van der Waals surface area contributed by atoms with Crippen LogP contribution in [0.1, 0.15) is 54.3 Å². The van der Waals surface area contributed by atoms with Crippen molar-refractivity contribution in [3.8, 4) is 0 Å². The number of ether oxygens (including phenoxy) is 4. The number of aliphatic hydroxyl groups is 1. The van der Waals surface area contributed by atoms with Gasteiger partial charge in [-0.05, 0) is 49.2 Å². The number of rotatable bonds is 11. The highest BCUT2D eigenvalue weighted by atomic mass is 16.7. The van der Waals surface area contributed by atoms with Gasteiger partial charge in [-0.3, -0.25) is 14.5 Å². The van der Waals surface area contributed by atoms with Crippen LogP contribution in [-0.2, 0) is 18.9 Å². The van der Waals surface area contributed by atoms with Gasteiger partial charge in [0, 0.05) is 0 Å². The number of unbranched alkanes of at least 4 members (excludes halogenated alkanes) is 1. The third-order valence-electron chi connectivity index (χ3n) is 7.26. The van der Waals surface area contributed by atoms with Gasteiger partial charge in [0.15, 0.2) is 18.5 Å². The molecule has 43 heavy (non-hydrogen) atoms. The number of nitrogens with zero attached hydrogens (tertiary/aromatic N) is 1. The Morgan fingerprint density at radius 1 is 0.814 bits per heavy atom. The number of carbonyl (C=O) groups excluding carboxylic acids is 4. The van der Waals surface area contributed by atoms with Crippen LogP contribution >= 0.6 is 0 Å². The van der Waals surface area contributed by atoms with E-state index in [4.69, 9.17) is 18.9 Å². The molecule has 1 fully saturated rings. The van der Waals surface area contributed by atoms with E-state index in [2.05, 4.69) is 6.58 Å². The predicted molar refractivity (Wildman–Crippen MR) is 153 cm³/mol. The van der Waals surface area contributed by atoms with E-state index >= 15 is 0 Å². The van der Waals surface area contributed by atoms with Crippen molar-refractivity contribution in [2.45, 2.75) is 43.5 Å². The number of hydrogen-bond acceptors (Lipinski definition) is 9. The van der Waals surface area contributed by atoms with Crippen molar-refractivity contribution in [1.82, 2.24) is 4.90 Å².